The minimum absolute atomic E-state index is 0.395. The predicted octanol–water partition coefficient (Wildman–Crippen LogP) is 3.14. The number of benzene rings is 1. The molecule has 0 atom stereocenters. The highest BCUT2D eigenvalue weighted by atomic mass is 19.4. The Hall–Kier alpha value is -1.78. The summed E-state index contributed by atoms with van der Waals surface area (Å²) >= 11 is 0. The van der Waals surface area contributed by atoms with E-state index in [0.29, 0.717) is 22.2 Å². The van der Waals surface area contributed by atoms with E-state index in [9.17, 15) is 13.2 Å². The van der Waals surface area contributed by atoms with Gasteiger partial charge in [0.25, 0.3) is 0 Å². The van der Waals surface area contributed by atoms with Crippen LogP contribution in [0.4, 0.5) is 18.9 Å². The van der Waals surface area contributed by atoms with E-state index >= 15 is 0 Å². The Morgan fingerprint density at radius 1 is 1.25 bits per heavy atom. The molecule has 2 N–H and O–H groups in total. The van der Waals surface area contributed by atoms with Gasteiger partial charge in [0.1, 0.15) is 0 Å². The quantitative estimate of drug-likeness (QED) is 0.749. The first-order chi connectivity index (χ1) is 7.39. The number of nitrogens with zero attached hydrogens (tertiary/aromatic N) is 1. The summed E-state index contributed by atoms with van der Waals surface area (Å²) in [5, 5.41) is 0.440. The molecule has 0 fully saturated rings. The maximum atomic E-state index is 12.5. The smallest absolute Gasteiger partial charge is 0.397 e. The molecule has 16 heavy (non-hydrogen) atoms. The number of rotatable bonds is 0. The van der Waals surface area contributed by atoms with Crippen LogP contribution in [0.3, 0.4) is 0 Å². The van der Waals surface area contributed by atoms with Crippen LogP contribution >= 0.6 is 0 Å². The normalized spacial score (nSPS) is 12.0. The lowest BCUT2D eigenvalue weighted by atomic mass is 10.1. The van der Waals surface area contributed by atoms with E-state index in [4.69, 9.17) is 5.73 Å². The fraction of sp³-hybridized carbons (Fsp3) is 0.182. The van der Waals surface area contributed by atoms with E-state index in [1.807, 2.05) is 0 Å². The summed E-state index contributed by atoms with van der Waals surface area (Å²) in [6, 6.07) is 3.45. The van der Waals surface area contributed by atoms with Crippen molar-refractivity contribution in [1.82, 2.24) is 4.98 Å². The molecule has 1 heterocycles. The Balaban J connectivity index is 2.74. The summed E-state index contributed by atoms with van der Waals surface area (Å²) in [6.07, 6.45) is -2.89. The lowest BCUT2D eigenvalue weighted by molar-refractivity contribution is -0.137. The first kappa shape index (κ1) is 10.7. The van der Waals surface area contributed by atoms with Crippen molar-refractivity contribution in [2.24, 2.45) is 0 Å². The molecule has 0 bridgehead atoms. The predicted molar refractivity (Wildman–Crippen MR) is 55.9 cm³/mol. The van der Waals surface area contributed by atoms with E-state index in [0.717, 1.165) is 12.1 Å². The number of hydrogen-bond donors (Lipinski definition) is 1. The molecule has 2 nitrogen and oxygen atoms in total. The molecule has 0 unspecified atom stereocenters. The van der Waals surface area contributed by atoms with Gasteiger partial charge in [0, 0.05) is 5.39 Å². The fourth-order valence-electron chi connectivity index (χ4n) is 1.52. The summed E-state index contributed by atoms with van der Waals surface area (Å²) in [4.78, 5) is 3.97. The van der Waals surface area contributed by atoms with E-state index in [1.165, 1.54) is 12.3 Å². The van der Waals surface area contributed by atoms with Crippen LogP contribution < -0.4 is 5.73 Å². The van der Waals surface area contributed by atoms with Crippen LogP contribution in [0.25, 0.3) is 10.9 Å². The molecular weight excluding hydrogens is 217 g/mol. The maximum absolute atomic E-state index is 12.5. The number of alkyl halides is 3. The van der Waals surface area contributed by atoms with Crippen molar-refractivity contribution in [3.8, 4) is 0 Å². The number of halogens is 3. The molecule has 5 heteroatoms. The fourth-order valence-corrected chi connectivity index (χ4v) is 1.52. The van der Waals surface area contributed by atoms with Crippen molar-refractivity contribution < 1.29 is 13.2 Å². The van der Waals surface area contributed by atoms with Gasteiger partial charge in [-0.2, -0.15) is 13.2 Å². The van der Waals surface area contributed by atoms with Gasteiger partial charge in [-0.15, -0.1) is 0 Å². The van der Waals surface area contributed by atoms with Crippen LogP contribution in [-0.2, 0) is 6.18 Å². The third-order valence-electron chi connectivity index (χ3n) is 2.50. The Bertz CT molecular complexity index is 547. The van der Waals surface area contributed by atoms with Gasteiger partial charge in [-0.3, -0.25) is 4.98 Å². The van der Waals surface area contributed by atoms with E-state index in [2.05, 4.69) is 4.98 Å². The van der Waals surface area contributed by atoms with Crippen LogP contribution in [-0.4, -0.2) is 4.98 Å². The second kappa shape index (κ2) is 3.37. The molecule has 2 rings (SSSR count). The van der Waals surface area contributed by atoms with Gasteiger partial charge in [-0.25, -0.2) is 0 Å². The molecule has 0 spiro atoms. The molecule has 0 saturated heterocycles. The number of pyridine rings is 1. The van der Waals surface area contributed by atoms with Crippen molar-refractivity contribution in [2.45, 2.75) is 13.1 Å². The largest absolute Gasteiger partial charge is 0.416 e. The Labute approximate surface area is 89.9 Å². The molecule has 84 valence electrons. The summed E-state index contributed by atoms with van der Waals surface area (Å²) < 4.78 is 37.5. The van der Waals surface area contributed by atoms with Crippen molar-refractivity contribution in [1.29, 1.82) is 0 Å². The molecule has 0 amide bonds. The molecule has 1 aromatic heterocycles. The Morgan fingerprint density at radius 3 is 2.56 bits per heavy atom. The lowest BCUT2D eigenvalue weighted by Crippen LogP contribution is -2.05. The van der Waals surface area contributed by atoms with E-state index in [-0.39, 0.29) is 0 Å². The number of aromatic nitrogens is 1. The SMILES string of the molecule is Cc1c(N)cnc2ccc(C(F)(F)F)cc12. The summed E-state index contributed by atoms with van der Waals surface area (Å²) in [6.45, 7) is 1.68. The Morgan fingerprint density at radius 2 is 1.94 bits per heavy atom. The monoisotopic (exact) mass is 226 g/mol. The standard InChI is InChI=1S/C11H9F3N2/c1-6-8-4-7(11(12,13)14)2-3-10(8)16-5-9(6)15/h2-5H,15H2,1H3. The molecule has 2 aromatic rings. The van der Waals surface area contributed by atoms with Gasteiger partial charge in [-0.1, -0.05) is 0 Å². The molecule has 0 radical (unpaired) electrons. The zero-order chi connectivity index (χ0) is 11.9. The van der Waals surface area contributed by atoms with Crippen molar-refractivity contribution >= 4 is 16.6 Å². The van der Waals surface area contributed by atoms with E-state index in [1.54, 1.807) is 6.92 Å². The van der Waals surface area contributed by atoms with Gasteiger partial charge in [0.2, 0.25) is 0 Å². The first-order valence-electron chi connectivity index (χ1n) is 4.61. The minimum Gasteiger partial charge on any atom is -0.397 e. The average molecular weight is 226 g/mol. The number of fused-ring (bicyclic) bond motifs is 1. The van der Waals surface area contributed by atoms with Crippen molar-refractivity contribution in [3.05, 3.63) is 35.5 Å². The molecule has 1 aromatic carbocycles. The molecule has 0 aliphatic rings. The number of anilines is 1. The van der Waals surface area contributed by atoms with Crippen LogP contribution in [0, 0.1) is 6.92 Å². The van der Waals surface area contributed by atoms with Crippen LogP contribution in [0.2, 0.25) is 0 Å². The van der Waals surface area contributed by atoms with Gasteiger partial charge in [0.15, 0.2) is 0 Å². The summed E-state index contributed by atoms with van der Waals surface area (Å²) in [5.41, 5.74) is 6.45. The number of hydrogen-bond acceptors (Lipinski definition) is 2. The molecular formula is C11H9F3N2. The zero-order valence-electron chi connectivity index (χ0n) is 8.47. The lowest BCUT2D eigenvalue weighted by Gasteiger charge is -2.09. The van der Waals surface area contributed by atoms with Crippen molar-refractivity contribution in [2.75, 3.05) is 5.73 Å². The van der Waals surface area contributed by atoms with Crippen LogP contribution in [0.1, 0.15) is 11.1 Å². The van der Waals surface area contributed by atoms with Crippen LogP contribution in [0.15, 0.2) is 24.4 Å². The second-order valence-corrected chi connectivity index (χ2v) is 3.57. The molecule has 0 aliphatic carbocycles. The average Bonchev–Trinajstić information content (AvgIpc) is 2.22. The third-order valence-corrected chi connectivity index (χ3v) is 2.50. The topological polar surface area (TPSA) is 38.9 Å². The van der Waals surface area contributed by atoms with Crippen molar-refractivity contribution in [3.63, 3.8) is 0 Å². The van der Waals surface area contributed by atoms with E-state index < -0.39 is 11.7 Å². The zero-order valence-corrected chi connectivity index (χ0v) is 8.47. The highest BCUT2D eigenvalue weighted by molar-refractivity contribution is 5.86. The Kier molecular flexibility index (Phi) is 2.26. The van der Waals surface area contributed by atoms with Crippen LogP contribution in [0.5, 0.6) is 0 Å². The highest BCUT2D eigenvalue weighted by Gasteiger charge is 2.30. The summed E-state index contributed by atoms with van der Waals surface area (Å²) in [7, 11) is 0. The highest BCUT2D eigenvalue weighted by Crippen LogP contribution is 2.32. The molecule has 0 aliphatic heterocycles. The van der Waals surface area contributed by atoms with Gasteiger partial charge in [0.05, 0.1) is 23.0 Å². The summed E-state index contributed by atoms with van der Waals surface area (Å²) in [5.74, 6) is 0. The van der Waals surface area contributed by atoms with Gasteiger partial charge in [-0.05, 0) is 30.7 Å². The van der Waals surface area contributed by atoms with Gasteiger partial charge < -0.3 is 5.73 Å². The second-order valence-electron chi connectivity index (χ2n) is 3.57. The minimum atomic E-state index is -4.34. The van der Waals surface area contributed by atoms with Gasteiger partial charge >= 0.3 is 6.18 Å². The number of nitrogen functional groups attached to an aromatic ring is 1. The maximum Gasteiger partial charge on any atom is 0.416 e. The third kappa shape index (κ3) is 1.68. The molecule has 0 saturated carbocycles. The first-order valence-corrected chi connectivity index (χ1v) is 4.61. The number of aryl methyl sites for hydroxylation is 1. The number of nitrogens with two attached hydrogens (primary N) is 1.